The number of benzene rings is 1. The van der Waals surface area contributed by atoms with Crippen LogP contribution in [-0.4, -0.2) is 10.3 Å². The Bertz CT molecular complexity index is 689. The van der Waals surface area contributed by atoms with Gasteiger partial charge in [0.15, 0.2) is 0 Å². The largest absolute Gasteiger partial charge is 0.311 e. The maximum Gasteiger partial charge on any atom is 0.211 e. The SMILES string of the molecule is C=CCn1c(-c2ccc(Br)cc2)cs/c1=N\N=C(C)C. The standard InChI is InChI=1S/C15H16BrN3S/c1-4-9-19-14(12-5-7-13(16)8-6-12)10-20-15(19)18-17-11(2)3/h4-8,10H,1,9H2,2-3H3/b18-15-. The highest BCUT2D eigenvalue weighted by molar-refractivity contribution is 9.10. The monoisotopic (exact) mass is 349 g/mol. The van der Waals surface area contributed by atoms with E-state index in [4.69, 9.17) is 0 Å². The molecule has 1 aromatic carbocycles. The summed E-state index contributed by atoms with van der Waals surface area (Å²) < 4.78 is 3.19. The van der Waals surface area contributed by atoms with E-state index in [0.29, 0.717) is 6.54 Å². The van der Waals surface area contributed by atoms with E-state index in [1.807, 2.05) is 32.1 Å². The van der Waals surface area contributed by atoms with E-state index in [0.717, 1.165) is 26.2 Å². The average molecular weight is 350 g/mol. The first-order valence-electron chi connectivity index (χ1n) is 6.22. The minimum atomic E-state index is 0.714. The summed E-state index contributed by atoms with van der Waals surface area (Å²) in [6.45, 7) is 8.40. The van der Waals surface area contributed by atoms with Crippen molar-refractivity contribution in [2.24, 2.45) is 10.2 Å². The van der Waals surface area contributed by atoms with Gasteiger partial charge in [-0.25, -0.2) is 0 Å². The number of nitrogens with zero attached hydrogens (tertiary/aromatic N) is 3. The molecule has 0 atom stereocenters. The number of hydrogen-bond donors (Lipinski definition) is 0. The van der Waals surface area contributed by atoms with E-state index < -0.39 is 0 Å². The van der Waals surface area contributed by atoms with Crippen LogP contribution in [0.25, 0.3) is 11.3 Å². The molecule has 0 saturated carbocycles. The van der Waals surface area contributed by atoms with Gasteiger partial charge in [-0.05, 0) is 31.5 Å². The first kappa shape index (κ1) is 14.9. The molecule has 20 heavy (non-hydrogen) atoms. The fourth-order valence-corrected chi connectivity index (χ4v) is 2.84. The predicted octanol–water partition coefficient (Wildman–Crippen LogP) is 4.46. The Hall–Kier alpha value is -1.46. The fraction of sp³-hybridized carbons (Fsp3) is 0.200. The van der Waals surface area contributed by atoms with Gasteiger partial charge in [-0.1, -0.05) is 34.1 Å². The zero-order valence-electron chi connectivity index (χ0n) is 11.5. The van der Waals surface area contributed by atoms with Gasteiger partial charge in [0, 0.05) is 22.1 Å². The van der Waals surface area contributed by atoms with Crippen LogP contribution in [0.3, 0.4) is 0 Å². The second-order valence-corrected chi connectivity index (χ2v) is 6.21. The third-order valence-electron chi connectivity index (χ3n) is 2.58. The zero-order chi connectivity index (χ0) is 14.5. The van der Waals surface area contributed by atoms with Crippen LogP contribution in [0.15, 0.2) is 57.0 Å². The highest BCUT2D eigenvalue weighted by Gasteiger charge is 2.06. The first-order chi connectivity index (χ1) is 9.61. The van der Waals surface area contributed by atoms with E-state index in [-0.39, 0.29) is 0 Å². The van der Waals surface area contributed by atoms with Gasteiger partial charge in [0.2, 0.25) is 4.80 Å². The summed E-state index contributed by atoms with van der Waals surface area (Å²) in [5.74, 6) is 0. The summed E-state index contributed by atoms with van der Waals surface area (Å²) in [5, 5.41) is 10.6. The minimum absolute atomic E-state index is 0.714. The van der Waals surface area contributed by atoms with Crippen LogP contribution in [-0.2, 0) is 6.54 Å². The molecular formula is C15H16BrN3S. The Kier molecular flexibility index (Phi) is 5.09. The molecule has 1 aromatic heterocycles. The zero-order valence-corrected chi connectivity index (χ0v) is 13.9. The topological polar surface area (TPSA) is 29.6 Å². The van der Waals surface area contributed by atoms with Crippen molar-refractivity contribution in [3.05, 3.63) is 51.6 Å². The fourth-order valence-electron chi connectivity index (χ4n) is 1.71. The molecule has 0 radical (unpaired) electrons. The van der Waals surface area contributed by atoms with E-state index >= 15 is 0 Å². The van der Waals surface area contributed by atoms with Crippen molar-refractivity contribution in [1.29, 1.82) is 0 Å². The lowest BCUT2D eigenvalue weighted by Crippen LogP contribution is -2.14. The smallest absolute Gasteiger partial charge is 0.211 e. The molecule has 0 bridgehead atoms. The molecule has 0 amide bonds. The quantitative estimate of drug-likeness (QED) is 0.443. The van der Waals surface area contributed by atoms with Gasteiger partial charge >= 0.3 is 0 Å². The summed E-state index contributed by atoms with van der Waals surface area (Å²) in [6.07, 6.45) is 1.87. The van der Waals surface area contributed by atoms with Crippen LogP contribution in [0.2, 0.25) is 0 Å². The van der Waals surface area contributed by atoms with Crippen molar-refractivity contribution in [2.75, 3.05) is 0 Å². The number of rotatable bonds is 4. The van der Waals surface area contributed by atoms with Crippen molar-refractivity contribution < 1.29 is 0 Å². The van der Waals surface area contributed by atoms with E-state index in [1.54, 1.807) is 11.3 Å². The second-order valence-electron chi connectivity index (χ2n) is 4.46. The molecule has 2 rings (SSSR count). The molecule has 0 fully saturated rings. The lowest BCUT2D eigenvalue weighted by atomic mass is 10.2. The summed E-state index contributed by atoms with van der Waals surface area (Å²) >= 11 is 5.04. The number of hydrogen-bond acceptors (Lipinski definition) is 3. The second kappa shape index (κ2) is 6.81. The molecule has 104 valence electrons. The van der Waals surface area contributed by atoms with Crippen molar-refractivity contribution >= 4 is 33.0 Å². The highest BCUT2D eigenvalue weighted by atomic mass is 79.9. The maximum atomic E-state index is 4.30. The number of aromatic nitrogens is 1. The summed E-state index contributed by atoms with van der Waals surface area (Å²) in [5.41, 5.74) is 3.23. The molecule has 0 aliphatic rings. The van der Waals surface area contributed by atoms with Gasteiger partial charge < -0.3 is 4.57 Å². The Labute approximate surface area is 131 Å². The number of thiazole rings is 1. The van der Waals surface area contributed by atoms with Crippen molar-refractivity contribution in [3.63, 3.8) is 0 Å². The van der Waals surface area contributed by atoms with Crippen molar-refractivity contribution in [1.82, 2.24) is 4.57 Å². The van der Waals surface area contributed by atoms with Crippen molar-refractivity contribution in [3.8, 4) is 11.3 Å². The maximum absolute atomic E-state index is 4.30. The molecule has 3 nitrogen and oxygen atoms in total. The average Bonchev–Trinajstić information content (AvgIpc) is 2.81. The lowest BCUT2D eigenvalue weighted by molar-refractivity contribution is 0.788. The van der Waals surface area contributed by atoms with Gasteiger partial charge in [-0.15, -0.1) is 23.0 Å². The Morgan fingerprint density at radius 2 is 2.05 bits per heavy atom. The van der Waals surface area contributed by atoms with Crippen LogP contribution in [0.1, 0.15) is 13.8 Å². The number of halogens is 1. The molecule has 0 spiro atoms. The molecule has 5 heteroatoms. The molecule has 0 unspecified atom stereocenters. The number of allylic oxidation sites excluding steroid dienone is 1. The minimum Gasteiger partial charge on any atom is -0.311 e. The molecule has 0 aliphatic heterocycles. The summed E-state index contributed by atoms with van der Waals surface area (Å²) in [4.78, 5) is 0.879. The van der Waals surface area contributed by atoms with Crippen LogP contribution < -0.4 is 4.80 Å². The molecule has 0 saturated heterocycles. The Morgan fingerprint density at radius 1 is 1.35 bits per heavy atom. The molecule has 0 aliphatic carbocycles. The first-order valence-corrected chi connectivity index (χ1v) is 7.89. The molecule has 0 N–H and O–H groups in total. The van der Waals surface area contributed by atoms with Crippen LogP contribution >= 0.6 is 27.3 Å². The normalized spacial score (nSPS) is 11.4. The molecule has 2 aromatic rings. The van der Waals surface area contributed by atoms with E-state index in [9.17, 15) is 0 Å². The highest BCUT2D eigenvalue weighted by Crippen LogP contribution is 2.22. The molecule has 1 heterocycles. The van der Waals surface area contributed by atoms with Crippen LogP contribution in [0.5, 0.6) is 0 Å². The van der Waals surface area contributed by atoms with Crippen LogP contribution in [0.4, 0.5) is 0 Å². The van der Waals surface area contributed by atoms with Gasteiger partial charge in [0.25, 0.3) is 0 Å². The Balaban J connectivity index is 2.54. The third kappa shape index (κ3) is 3.55. The summed E-state index contributed by atoms with van der Waals surface area (Å²) in [7, 11) is 0. The lowest BCUT2D eigenvalue weighted by Gasteiger charge is -2.06. The molecular weight excluding hydrogens is 334 g/mol. The van der Waals surface area contributed by atoms with Gasteiger partial charge in [-0.3, -0.25) is 0 Å². The van der Waals surface area contributed by atoms with E-state index in [1.165, 1.54) is 0 Å². The Morgan fingerprint density at radius 3 is 2.65 bits per heavy atom. The van der Waals surface area contributed by atoms with Gasteiger partial charge in [0.05, 0.1) is 5.69 Å². The van der Waals surface area contributed by atoms with Crippen molar-refractivity contribution in [2.45, 2.75) is 20.4 Å². The predicted molar refractivity (Wildman–Crippen MR) is 90.0 cm³/mol. The van der Waals surface area contributed by atoms with Crippen LogP contribution in [0, 0.1) is 0 Å². The van der Waals surface area contributed by atoms with Gasteiger partial charge in [-0.2, -0.15) is 5.10 Å². The van der Waals surface area contributed by atoms with E-state index in [2.05, 4.69) is 54.8 Å². The summed E-state index contributed by atoms with van der Waals surface area (Å²) in [6, 6.07) is 8.25. The van der Waals surface area contributed by atoms with Gasteiger partial charge in [0.1, 0.15) is 0 Å². The third-order valence-corrected chi connectivity index (χ3v) is 3.97.